The molecule has 1 heterocycles. The molecule has 1 aromatic carbocycles. The Morgan fingerprint density at radius 1 is 1.13 bits per heavy atom. The minimum absolute atomic E-state index is 0. The first-order chi connectivity index (χ1) is 14.4. The number of rotatable bonds is 10. The average molecular weight is 544 g/mol. The van der Waals surface area contributed by atoms with E-state index in [-0.39, 0.29) is 30.0 Å². The Labute approximate surface area is 203 Å². The predicted octanol–water partition coefficient (Wildman–Crippen LogP) is 2.99. The van der Waals surface area contributed by atoms with Crippen molar-refractivity contribution in [2.75, 3.05) is 48.5 Å². The van der Waals surface area contributed by atoms with Gasteiger partial charge in [-0.15, -0.1) is 24.0 Å². The average Bonchev–Trinajstić information content (AvgIpc) is 3.06. The second-order valence-corrected chi connectivity index (χ2v) is 7.48. The van der Waals surface area contributed by atoms with E-state index in [9.17, 15) is 0 Å². The summed E-state index contributed by atoms with van der Waals surface area (Å²) in [4.78, 5) is 6.52. The summed E-state index contributed by atoms with van der Waals surface area (Å²) in [5.41, 5.74) is 3.40. The van der Waals surface area contributed by atoms with Gasteiger partial charge in [-0.1, -0.05) is 6.07 Å². The van der Waals surface area contributed by atoms with Gasteiger partial charge in [-0.05, 0) is 58.1 Å². The normalized spacial score (nSPS) is 12.3. The summed E-state index contributed by atoms with van der Waals surface area (Å²) < 4.78 is 12.9. The van der Waals surface area contributed by atoms with Crippen molar-refractivity contribution in [2.45, 2.75) is 32.9 Å². The summed E-state index contributed by atoms with van der Waals surface area (Å²) in [5, 5.41) is 11.3. The second kappa shape index (κ2) is 13.4. The molecule has 174 valence electrons. The van der Waals surface area contributed by atoms with E-state index in [2.05, 4.69) is 58.8 Å². The Bertz CT molecular complexity index is 837. The van der Waals surface area contributed by atoms with Crippen molar-refractivity contribution in [3.8, 4) is 11.5 Å². The molecule has 0 radical (unpaired) electrons. The van der Waals surface area contributed by atoms with Gasteiger partial charge < -0.3 is 25.0 Å². The molecule has 0 amide bonds. The zero-order chi connectivity index (χ0) is 22.1. The lowest BCUT2D eigenvalue weighted by Gasteiger charge is -2.26. The van der Waals surface area contributed by atoms with Gasteiger partial charge in [0.25, 0.3) is 0 Å². The van der Waals surface area contributed by atoms with Crippen LogP contribution < -0.4 is 20.1 Å². The number of halogens is 1. The fourth-order valence-corrected chi connectivity index (χ4v) is 3.41. The Morgan fingerprint density at radius 2 is 1.84 bits per heavy atom. The number of methoxy groups -OCH3 is 2. The largest absolute Gasteiger partial charge is 0.493 e. The Hall–Kier alpha value is -2.01. The van der Waals surface area contributed by atoms with Crippen molar-refractivity contribution >= 4 is 29.9 Å². The molecule has 8 nitrogen and oxygen atoms in total. The van der Waals surface area contributed by atoms with Crippen molar-refractivity contribution in [2.24, 2.45) is 4.99 Å². The number of hydrogen-bond acceptors (Lipinski definition) is 5. The molecule has 1 atom stereocenters. The molecule has 31 heavy (non-hydrogen) atoms. The number of aryl methyl sites for hydroxylation is 3. The first kappa shape index (κ1) is 27.0. The topological polar surface area (TPSA) is 75.9 Å². The summed E-state index contributed by atoms with van der Waals surface area (Å²) in [5.74, 6) is 2.25. The number of nitrogens with zero attached hydrogens (tertiary/aromatic N) is 4. The third-order valence-electron chi connectivity index (χ3n) is 5.04. The molecule has 1 unspecified atom stereocenters. The molecule has 0 saturated heterocycles. The van der Waals surface area contributed by atoms with Crippen LogP contribution in [0.3, 0.4) is 0 Å². The van der Waals surface area contributed by atoms with Gasteiger partial charge in [0.1, 0.15) is 0 Å². The van der Waals surface area contributed by atoms with Gasteiger partial charge in [-0.3, -0.25) is 9.67 Å². The summed E-state index contributed by atoms with van der Waals surface area (Å²) in [6, 6.07) is 8.28. The third-order valence-corrected chi connectivity index (χ3v) is 5.04. The Morgan fingerprint density at radius 3 is 2.39 bits per heavy atom. The van der Waals surface area contributed by atoms with Gasteiger partial charge in [0, 0.05) is 32.4 Å². The lowest BCUT2D eigenvalue weighted by atomic mass is 10.1. The smallest absolute Gasteiger partial charge is 0.191 e. The van der Waals surface area contributed by atoms with Crippen LogP contribution in [0.2, 0.25) is 0 Å². The van der Waals surface area contributed by atoms with Crippen LogP contribution in [0.5, 0.6) is 11.5 Å². The van der Waals surface area contributed by atoms with Crippen LogP contribution in [0.25, 0.3) is 0 Å². The number of likely N-dealkylation sites (N-methyl/N-ethyl adjacent to an activating group) is 1. The molecule has 2 rings (SSSR count). The molecule has 9 heteroatoms. The molecule has 0 saturated carbocycles. The van der Waals surface area contributed by atoms with Gasteiger partial charge in [0.2, 0.25) is 0 Å². The van der Waals surface area contributed by atoms with Crippen molar-refractivity contribution in [3.05, 3.63) is 41.2 Å². The lowest BCUT2D eigenvalue weighted by Crippen LogP contribution is -2.42. The first-order valence-corrected chi connectivity index (χ1v) is 10.2. The van der Waals surface area contributed by atoms with Crippen LogP contribution in [0.15, 0.2) is 29.3 Å². The monoisotopic (exact) mass is 544 g/mol. The Balaban J connectivity index is 0.00000480. The maximum Gasteiger partial charge on any atom is 0.191 e. The van der Waals surface area contributed by atoms with Gasteiger partial charge in [0.15, 0.2) is 17.5 Å². The molecule has 1 aromatic heterocycles. The van der Waals surface area contributed by atoms with Crippen molar-refractivity contribution < 1.29 is 9.47 Å². The quantitative estimate of drug-likeness (QED) is 0.207. The maximum atomic E-state index is 5.46. The number of guanidine groups is 1. The highest BCUT2D eigenvalue weighted by Gasteiger charge is 2.17. The van der Waals surface area contributed by atoms with E-state index in [1.54, 1.807) is 21.3 Å². The van der Waals surface area contributed by atoms with Crippen LogP contribution >= 0.6 is 24.0 Å². The van der Waals surface area contributed by atoms with E-state index in [1.807, 2.05) is 23.7 Å². The van der Waals surface area contributed by atoms with E-state index >= 15 is 0 Å². The highest BCUT2D eigenvalue weighted by Crippen LogP contribution is 2.31. The molecule has 0 aliphatic heterocycles. The number of nitrogens with one attached hydrogen (secondary N) is 2. The lowest BCUT2D eigenvalue weighted by molar-refractivity contribution is 0.295. The minimum Gasteiger partial charge on any atom is -0.493 e. The van der Waals surface area contributed by atoms with E-state index in [1.165, 1.54) is 5.69 Å². The summed E-state index contributed by atoms with van der Waals surface area (Å²) in [6.45, 7) is 6.52. The number of aromatic nitrogens is 2. The van der Waals surface area contributed by atoms with Gasteiger partial charge >= 0.3 is 0 Å². The predicted molar refractivity (Wildman–Crippen MR) is 137 cm³/mol. The molecule has 2 aromatic rings. The van der Waals surface area contributed by atoms with Crippen LogP contribution in [0.1, 0.15) is 29.4 Å². The van der Waals surface area contributed by atoms with E-state index in [0.717, 1.165) is 48.2 Å². The Kier molecular flexibility index (Phi) is 11.7. The molecular weight excluding hydrogens is 507 g/mol. The zero-order valence-electron chi connectivity index (χ0n) is 19.7. The van der Waals surface area contributed by atoms with Gasteiger partial charge in [-0.25, -0.2) is 0 Å². The van der Waals surface area contributed by atoms with Crippen LogP contribution in [0, 0.1) is 13.8 Å². The van der Waals surface area contributed by atoms with Crippen LogP contribution in [-0.4, -0.2) is 69.1 Å². The van der Waals surface area contributed by atoms with Crippen molar-refractivity contribution in [1.29, 1.82) is 0 Å². The highest BCUT2D eigenvalue weighted by molar-refractivity contribution is 14.0. The molecule has 0 aliphatic carbocycles. The fraction of sp³-hybridized carbons (Fsp3) is 0.545. The standard InChI is InChI=1S/C22H36N6O2.HI/c1-16-13-17(2)28(26-16)12-8-11-24-22(23-3)25-15-19(27(4)5)18-9-10-20(29-6)21(14-18)30-7;/h9-10,13-14,19H,8,11-12,15H2,1-7H3,(H2,23,24,25);1H. The highest BCUT2D eigenvalue weighted by atomic mass is 127. The number of benzene rings is 1. The number of hydrogen-bond donors (Lipinski definition) is 2. The minimum atomic E-state index is 0. The molecule has 0 bridgehead atoms. The maximum absolute atomic E-state index is 5.46. The van der Waals surface area contributed by atoms with Crippen LogP contribution in [0.4, 0.5) is 0 Å². The zero-order valence-corrected chi connectivity index (χ0v) is 22.1. The second-order valence-electron chi connectivity index (χ2n) is 7.48. The molecule has 0 fully saturated rings. The molecule has 0 aliphatic rings. The number of ether oxygens (including phenoxy) is 2. The van der Waals surface area contributed by atoms with Gasteiger partial charge in [0.05, 0.1) is 26.0 Å². The molecule has 2 N–H and O–H groups in total. The van der Waals surface area contributed by atoms with Crippen LogP contribution in [-0.2, 0) is 6.54 Å². The number of aliphatic imine (C=N–C) groups is 1. The van der Waals surface area contributed by atoms with Gasteiger partial charge in [-0.2, -0.15) is 5.10 Å². The summed E-state index contributed by atoms with van der Waals surface area (Å²) >= 11 is 0. The summed E-state index contributed by atoms with van der Waals surface area (Å²) in [7, 11) is 9.22. The molecule has 0 spiro atoms. The summed E-state index contributed by atoms with van der Waals surface area (Å²) in [6.07, 6.45) is 0.968. The van der Waals surface area contributed by atoms with E-state index < -0.39 is 0 Å². The molecular formula is C22H37IN6O2. The third kappa shape index (κ3) is 7.88. The first-order valence-electron chi connectivity index (χ1n) is 10.2. The van der Waals surface area contributed by atoms with E-state index in [4.69, 9.17) is 9.47 Å². The fourth-order valence-electron chi connectivity index (χ4n) is 3.41. The van der Waals surface area contributed by atoms with Crippen molar-refractivity contribution in [1.82, 2.24) is 25.3 Å². The van der Waals surface area contributed by atoms with E-state index in [0.29, 0.717) is 6.54 Å². The SMILES string of the molecule is CN=C(NCCCn1nc(C)cc1C)NCC(c1ccc(OC)c(OC)c1)N(C)C.I. The van der Waals surface area contributed by atoms with Crippen molar-refractivity contribution in [3.63, 3.8) is 0 Å².